The molecule has 0 bridgehead atoms. The number of fused-ring (bicyclic) bond motifs is 1. The number of carboxylic acids is 2. The Bertz CT molecular complexity index is 1440. The highest BCUT2D eigenvalue weighted by molar-refractivity contribution is 8.01. The third kappa shape index (κ3) is 5.89. The van der Waals surface area contributed by atoms with Crippen LogP contribution in [0.3, 0.4) is 0 Å². The Morgan fingerprint density at radius 3 is 2.50 bits per heavy atom. The number of rotatable bonds is 10. The van der Waals surface area contributed by atoms with E-state index in [2.05, 4.69) is 25.4 Å². The van der Waals surface area contributed by atoms with Crippen molar-refractivity contribution < 1.29 is 34.2 Å². The van der Waals surface area contributed by atoms with E-state index in [0.717, 1.165) is 28.0 Å². The summed E-state index contributed by atoms with van der Waals surface area (Å²) in [5.74, 6) is -3.40. The standard InChI is InChI=1S/C21H23N9O7S3/c1-21(2,18(35)36)37-29-11(8-4-25-19(24)40-8)14(31)28-12-15(32)30-13(17(33)34)7(5-38-16(12)30)6-39-20-26-9(22)3-10(23)27-20/h3-4,12,16H,5-6H2,1-2H3,(H2,24,25)(H,28,31)(H,33,34)(H,35,36)(H4,22,23,26,27)/b29-11-. The Morgan fingerprint density at radius 1 is 1.25 bits per heavy atom. The molecule has 2 amide bonds. The van der Waals surface area contributed by atoms with Gasteiger partial charge in [-0.15, -0.1) is 11.8 Å². The largest absolute Gasteiger partial charge is 0.478 e. The fourth-order valence-corrected chi connectivity index (χ4v) is 6.50. The summed E-state index contributed by atoms with van der Waals surface area (Å²) >= 11 is 3.28. The number of thioether (sulfide) groups is 2. The molecule has 0 aliphatic carbocycles. The van der Waals surface area contributed by atoms with E-state index in [-0.39, 0.29) is 49.7 Å². The van der Waals surface area contributed by atoms with Gasteiger partial charge in [-0.3, -0.25) is 14.5 Å². The van der Waals surface area contributed by atoms with Crippen molar-refractivity contribution in [3.05, 3.63) is 28.4 Å². The zero-order valence-electron chi connectivity index (χ0n) is 20.9. The van der Waals surface area contributed by atoms with Crippen LogP contribution in [0.5, 0.6) is 0 Å². The summed E-state index contributed by atoms with van der Waals surface area (Å²) in [6.45, 7) is 2.48. The summed E-state index contributed by atoms with van der Waals surface area (Å²) in [5.41, 5.74) is 15.2. The van der Waals surface area contributed by atoms with Crippen LogP contribution in [0.1, 0.15) is 18.7 Å². The number of anilines is 3. The van der Waals surface area contributed by atoms with Gasteiger partial charge in [0.1, 0.15) is 28.7 Å². The highest BCUT2D eigenvalue weighted by Gasteiger charge is 2.54. The van der Waals surface area contributed by atoms with E-state index in [4.69, 9.17) is 22.0 Å². The highest BCUT2D eigenvalue weighted by atomic mass is 32.2. The Morgan fingerprint density at radius 2 is 1.93 bits per heavy atom. The van der Waals surface area contributed by atoms with E-state index in [1.165, 1.54) is 37.9 Å². The number of thiazole rings is 1. The number of hydrogen-bond acceptors (Lipinski definition) is 15. The molecular weight excluding hydrogens is 586 g/mol. The first kappa shape index (κ1) is 28.9. The molecule has 2 aliphatic heterocycles. The van der Waals surface area contributed by atoms with E-state index in [0.29, 0.717) is 5.57 Å². The molecule has 1 fully saturated rings. The number of nitrogens with two attached hydrogens (primary N) is 3. The number of carbonyl (C=O) groups excluding carboxylic acids is 2. The Hall–Kier alpha value is -4.10. The molecule has 16 nitrogen and oxygen atoms in total. The minimum atomic E-state index is -1.76. The van der Waals surface area contributed by atoms with Crippen molar-refractivity contribution in [1.29, 1.82) is 0 Å². The number of carboxylic acid groups (broad SMARTS) is 2. The van der Waals surface area contributed by atoms with Gasteiger partial charge in [0, 0.05) is 23.8 Å². The summed E-state index contributed by atoms with van der Waals surface area (Å²) in [6.07, 6.45) is 1.26. The van der Waals surface area contributed by atoms with Crippen molar-refractivity contribution in [3.8, 4) is 0 Å². The third-order valence-corrected chi connectivity index (χ3v) is 8.62. The molecular formula is C21H23N9O7S3. The van der Waals surface area contributed by atoms with Crippen molar-refractivity contribution in [3.63, 3.8) is 0 Å². The van der Waals surface area contributed by atoms with E-state index < -0.39 is 40.8 Å². The quantitative estimate of drug-likeness (QED) is 0.0669. The topological polar surface area (TPSA) is 262 Å². The lowest BCUT2D eigenvalue weighted by molar-refractivity contribution is -0.161. The van der Waals surface area contributed by atoms with Crippen molar-refractivity contribution in [2.75, 3.05) is 28.7 Å². The minimum Gasteiger partial charge on any atom is -0.478 e. The Labute approximate surface area is 238 Å². The number of hydrogen-bond donors (Lipinski definition) is 6. The lowest BCUT2D eigenvalue weighted by Crippen LogP contribution is -2.71. The molecule has 19 heteroatoms. The summed E-state index contributed by atoms with van der Waals surface area (Å²) in [7, 11) is 0. The maximum Gasteiger partial charge on any atom is 0.352 e. The zero-order chi connectivity index (χ0) is 29.4. The molecule has 40 heavy (non-hydrogen) atoms. The summed E-state index contributed by atoms with van der Waals surface area (Å²) in [5, 5.41) is 25.1. The average molecular weight is 610 g/mol. The molecule has 0 saturated carbocycles. The van der Waals surface area contributed by atoms with Gasteiger partial charge in [-0.25, -0.2) is 24.5 Å². The summed E-state index contributed by atoms with van der Waals surface area (Å²) < 4.78 is 0. The van der Waals surface area contributed by atoms with Gasteiger partial charge in [-0.2, -0.15) is 0 Å². The van der Waals surface area contributed by atoms with Crippen molar-refractivity contribution >= 4 is 81.1 Å². The smallest absolute Gasteiger partial charge is 0.352 e. The summed E-state index contributed by atoms with van der Waals surface area (Å²) in [6, 6.07) is 0.306. The highest BCUT2D eigenvalue weighted by Crippen LogP contribution is 2.41. The van der Waals surface area contributed by atoms with Gasteiger partial charge in [-0.05, 0) is 19.4 Å². The SMILES string of the molecule is CC(C)(O/N=C(\C(=O)NC1C(=O)N2C(C(=O)O)=C(CSc3nc(N)cc(N)n3)CSC12)c1cnc(N)s1)C(=O)O. The molecule has 4 rings (SSSR count). The van der Waals surface area contributed by atoms with Crippen LogP contribution < -0.4 is 22.5 Å². The first-order valence-corrected chi connectivity index (χ1v) is 14.1. The number of oxime groups is 1. The number of carbonyl (C=O) groups is 4. The zero-order valence-corrected chi connectivity index (χ0v) is 23.3. The maximum absolute atomic E-state index is 13.2. The normalized spacial score (nSPS) is 19.1. The molecule has 0 aromatic carbocycles. The van der Waals surface area contributed by atoms with Gasteiger partial charge in [0.05, 0.1) is 4.88 Å². The molecule has 2 aromatic heterocycles. The van der Waals surface area contributed by atoms with Crippen molar-refractivity contribution in [2.24, 2.45) is 5.16 Å². The first-order valence-electron chi connectivity index (χ1n) is 11.2. The van der Waals surface area contributed by atoms with Crippen molar-refractivity contribution in [2.45, 2.75) is 36.0 Å². The van der Waals surface area contributed by atoms with Crippen LogP contribution in [0.2, 0.25) is 0 Å². The molecule has 2 aliphatic rings. The average Bonchev–Trinajstić information content (AvgIpc) is 3.30. The van der Waals surface area contributed by atoms with Gasteiger partial charge >= 0.3 is 11.9 Å². The van der Waals surface area contributed by atoms with Crippen LogP contribution in [0.15, 0.2) is 33.8 Å². The van der Waals surface area contributed by atoms with E-state index in [9.17, 15) is 29.4 Å². The molecule has 0 spiro atoms. The number of nitrogens with zero attached hydrogens (tertiary/aromatic N) is 5. The first-order chi connectivity index (χ1) is 18.8. The van der Waals surface area contributed by atoms with E-state index in [1.807, 2.05) is 0 Å². The van der Waals surface area contributed by atoms with Crippen LogP contribution in [0.25, 0.3) is 0 Å². The maximum atomic E-state index is 13.2. The Balaban J connectivity index is 1.52. The fourth-order valence-electron chi connectivity index (χ4n) is 3.48. The van der Waals surface area contributed by atoms with Gasteiger partial charge in [-0.1, -0.05) is 28.3 Å². The summed E-state index contributed by atoms with van der Waals surface area (Å²) in [4.78, 5) is 68.2. The molecule has 2 unspecified atom stereocenters. The molecule has 1 saturated heterocycles. The number of aromatic nitrogens is 3. The molecule has 2 atom stereocenters. The molecule has 9 N–H and O–H groups in total. The monoisotopic (exact) mass is 609 g/mol. The molecule has 0 radical (unpaired) electrons. The van der Waals surface area contributed by atoms with Gasteiger partial charge in [0.25, 0.3) is 11.8 Å². The fraction of sp³-hybridized carbons (Fsp3) is 0.333. The molecule has 4 heterocycles. The van der Waals surface area contributed by atoms with Gasteiger partial charge < -0.3 is 37.6 Å². The third-order valence-electron chi connectivity index (χ3n) is 5.51. The minimum absolute atomic E-state index is 0.120. The van der Waals surface area contributed by atoms with Crippen LogP contribution in [-0.2, 0) is 24.0 Å². The number of nitrogens with one attached hydrogen (secondary N) is 1. The second-order valence-corrected chi connectivity index (χ2v) is 11.9. The number of amides is 2. The number of β-lactam (4-membered cyclic amide) rings is 1. The van der Waals surface area contributed by atoms with Crippen LogP contribution in [0, 0.1) is 0 Å². The van der Waals surface area contributed by atoms with Crippen LogP contribution in [-0.4, -0.2) is 88.1 Å². The van der Waals surface area contributed by atoms with Crippen molar-refractivity contribution in [1.82, 2.24) is 25.2 Å². The predicted octanol–water partition coefficient (Wildman–Crippen LogP) is -0.205. The number of nitrogen functional groups attached to an aromatic ring is 3. The van der Waals surface area contributed by atoms with Gasteiger partial charge in [0.15, 0.2) is 16.0 Å². The molecule has 212 valence electrons. The Kier molecular flexibility index (Phi) is 8.08. The van der Waals surface area contributed by atoms with Crippen LogP contribution >= 0.6 is 34.9 Å². The lowest BCUT2D eigenvalue weighted by atomic mass is 10.0. The van der Waals surface area contributed by atoms with E-state index in [1.54, 1.807) is 0 Å². The predicted molar refractivity (Wildman–Crippen MR) is 147 cm³/mol. The van der Waals surface area contributed by atoms with Crippen LogP contribution in [0.4, 0.5) is 16.8 Å². The van der Waals surface area contributed by atoms with E-state index >= 15 is 0 Å². The second-order valence-electron chi connectivity index (χ2n) is 8.82. The lowest BCUT2D eigenvalue weighted by Gasteiger charge is -2.49. The molecule has 2 aromatic rings. The van der Waals surface area contributed by atoms with Gasteiger partial charge in [0.2, 0.25) is 5.60 Å². The number of aliphatic carboxylic acids is 2. The second kappa shape index (κ2) is 11.2.